The van der Waals surface area contributed by atoms with Gasteiger partial charge in [0.2, 0.25) is 0 Å². The molecule has 1 aromatic rings. The van der Waals surface area contributed by atoms with Crippen molar-refractivity contribution in [3.63, 3.8) is 0 Å². The van der Waals surface area contributed by atoms with Crippen molar-refractivity contribution in [2.75, 3.05) is 26.3 Å². The lowest BCUT2D eigenvalue weighted by atomic mass is 9.75. The first kappa shape index (κ1) is 17.3. The van der Waals surface area contributed by atoms with E-state index in [1.807, 2.05) is 6.07 Å². The standard InChI is InChI=1S/C17H25BrClNO/c1-13(2)11-20-12-17(5-7-21-8-6-17)10-14-3-4-15(18)9-16(14)19/h3-4,9,13,20H,5-8,10-12H2,1-2H3. The van der Waals surface area contributed by atoms with Crippen LogP contribution in [0.25, 0.3) is 0 Å². The number of hydrogen-bond acceptors (Lipinski definition) is 2. The van der Waals surface area contributed by atoms with Crippen molar-refractivity contribution >= 4 is 27.5 Å². The van der Waals surface area contributed by atoms with Crippen LogP contribution in [-0.4, -0.2) is 26.3 Å². The molecule has 0 radical (unpaired) electrons. The van der Waals surface area contributed by atoms with Gasteiger partial charge in [-0.3, -0.25) is 0 Å². The van der Waals surface area contributed by atoms with Crippen LogP contribution in [0, 0.1) is 11.3 Å². The normalized spacial score (nSPS) is 18.1. The van der Waals surface area contributed by atoms with Crippen molar-refractivity contribution in [2.45, 2.75) is 33.1 Å². The van der Waals surface area contributed by atoms with E-state index in [2.05, 4.69) is 47.2 Å². The van der Waals surface area contributed by atoms with Gasteiger partial charge in [-0.2, -0.15) is 0 Å². The summed E-state index contributed by atoms with van der Waals surface area (Å²) >= 11 is 9.89. The Morgan fingerprint density at radius 2 is 2.05 bits per heavy atom. The molecular weight excluding hydrogens is 350 g/mol. The Labute approximate surface area is 141 Å². The lowest BCUT2D eigenvalue weighted by molar-refractivity contribution is 0.0147. The molecule has 1 aliphatic heterocycles. The minimum absolute atomic E-state index is 0.268. The van der Waals surface area contributed by atoms with E-state index in [1.54, 1.807) is 0 Å². The predicted molar refractivity (Wildman–Crippen MR) is 93.0 cm³/mol. The summed E-state index contributed by atoms with van der Waals surface area (Å²) in [6.45, 7) is 8.32. The van der Waals surface area contributed by atoms with Gasteiger partial charge in [-0.1, -0.05) is 47.4 Å². The number of benzene rings is 1. The summed E-state index contributed by atoms with van der Waals surface area (Å²) in [7, 11) is 0. The van der Waals surface area contributed by atoms with Crippen LogP contribution in [0.3, 0.4) is 0 Å². The molecule has 4 heteroatoms. The van der Waals surface area contributed by atoms with Crippen LogP contribution in [0.5, 0.6) is 0 Å². The van der Waals surface area contributed by atoms with Gasteiger partial charge < -0.3 is 10.1 Å². The Morgan fingerprint density at radius 3 is 2.67 bits per heavy atom. The maximum atomic E-state index is 6.41. The van der Waals surface area contributed by atoms with Gasteiger partial charge in [0.15, 0.2) is 0 Å². The highest BCUT2D eigenvalue weighted by Crippen LogP contribution is 2.36. The molecule has 0 saturated carbocycles. The Kier molecular flexibility index (Phi) is 6.54. The van der Waals surface area contributed by atoms with E-state index in [9.17, 15) is 0 Å². The molecule has 1 N–H and O–H groups in total. The van der Waals surface area contributed by atoms with Crippen LogP contribution < -0.4 is 5.32 Å². The van der Waals surface area contributed by atoms with Gasteiger partial charge in [0.1, 0.15) is 0 Å². The molecule has 0 unspecified atom stereocenters. The van der Waals surface area contributed by atoms with Crippen molar-refractivity contribution in [1.82, 2.24) is 5.32 Å². The molecule has 1 fully saturated rings. The molecule has 2 rings (SSSR count). The maximum Gasteiger partial charge on any atom is 0.0471 e. The molecular formula is C17H25BrClNO. The number of rotatable bonds is 6. The fraction of sp³-hybridized carbons (Fsp3) is 0.647. The third-order valence-corrected chi connectivity index (χ3v) is 5.03. The van der Waals surface area contributed by atoms with Crippen LogP contribution in [-0.2, 0) is 11.2 Å². The number of hydrogen-bond donors (Lipinski definition) is 1. The monoisotopic (exact) mass is 373 g/mol. The van der Waals surface area contributed by atoms with E-state index in [0.717, 1.165) is 55.1 Å². The van der Waals surface area contributed by atoms with E-state index < -0.39 is 0 Å². The molecule has 0 bridgehead atoms. The number of halogens is 2. The molecule has 1 aliphatic rings. The summed E-state index contributed by atoms with van der Waals surface area (Å²) in [5, 5.41) is 4.50. The zero-order valence-electron chi connectivity index (χ0n) is 12.9. The second-order valence-electron chi connectivity index (χ2n) is 6.55. The van der Waals surface area contributed by atoms with E-state index in [4.69, 9.17) is 16.3 Å². The van der Waals surface area contributed by atoms with E-state index in [0.29, 0.717) is 5.92 Å². The maximum absolute atomic E-state index is 6.41. The van der Waals surface area contributed by atoms with Crippen molar-refractivity contribution < 1.29 is 4.74 Å². The van der Waals surface area contributed by atoms with E-state index in [1.165, 1.54) is 5.56 Å². The summed E-state index contributed by atoms with van der Waals surface area (Å²) in [6, 6.07) is 6.22. The highest BCUT2D eigenvalue weighted by molar-refractivity contribution is 9.10. The molecule has 0 aromatic heterocycles. The largest absolute Gasteiger partial charge is 0.381 e. The summed E-state index contributed by atoms with van der Waals surface area (Å²) < 4.78 is 6.61. The van der Waals surface area contributed by atoms with E-state index in [-0.39, 0.29) is 5.41 Å². The minimum Gasteiger partial charge on any atom is -0.381 e. The highest BCUT2D eigenvalue weighted by atomic mass is 79.9. The number of ether oxygens (including phenoxy) is 1. The average Bonchev–Trinajstić information content (AvgIpc) is 2.43. The Bertz CT molecular complexity index is 458. The van der Waals surface area contributed by atoms with E-state index >= 15 is 0 Å². The Morgan fingerprint density at radius 1 is 1.33 bits per heavy atom. The SMILES string of the molecule is CC(C)CNCC1(Cc2ccc(Br)cc2Cl)CCOCC1. The quantitative estimate of drug-likeness (QED) is 0.780. The van der Waals surface area contributed by atoms with Crippen molar-refractivity contribution in [2.24, 2.45) is 11.3 Å². The second-order valence-corrected chi connectivity index (χ2v) is 7.87. The molecule has 0 atom stereocenters. The third-order valence-electron chi connectivity index (χ3n) is 4.19. The second kappa shape index (κ2) is 7.96. The molecule has 0 spiro atoms. The van der Waals surface area contributed by atoms with Gasteiger partial charge in [0.25, 0.3) is 0 Å². The highest BCUT2D eigenvalue weighted by Gasteiger charge is 2.33. The molecule has 2 nitrogen and oxygen atoms in total. The summed E-state index contributed by atoms with van der Waals surface area (Å²) in [6.07, 6.45) is 3.22. The van der Waals surface area contributed by atoms with Gasteiger partial charge >= 0.3 is 0 Å². The van der Waals surface area contributed by atoms with Gasteiger partial charge in [0.05, 0.1) is 0 Å². The van der Waals surface area contributed by atoms with Gasteiger partial charge in [0, 0.05) is 29.3 Å². The summed E-state index contributed by atoms with van der Waals surface area (Å²) in [5.74, 6) is 0.679. The average molecular weight is 375 g/mol. The van der Waals surface area contributed by atoms with Crippen molar-refractivity contribution in [3.8, 4) is 0 Å². The fourth-order valence-corrected chi connectivity index (χ4v) is 3.66. The lowest BCUT2D eigenvalue weighted by Gasteiger charge is -2.38. The molecule has 1 saturated heterocycles. The molecule has 118 valence electrons. The summed E-state index contributed by atoms with van der Waals surface area (Å²) in [4.78, 5) is 0. The topological polar surface area (TPSA) is 21.3 Å². The lowest BCUT2D eigenvalue weighted by Crippen LogP contribution is -2.41. The van der Waals surface area contributed by atoms with Crippen LogP contribution >= 0.6 is 27.5 Å². The molecule has 0 aliphatic carbocycles. The first-order valence-electron chi connectivity index (χ1n) is 7.73. The van der Waals surface area contributed by atoms with Crippen LogP contribution in [0.1, 0.15) is 32.3 Å². The smallest absolute Gasteiger partial charge is 0.0471 e. The first-order chi connectivity index (χ1) is 10.0. The van der Waals surface area contributed by atoms with Crippen molar-refractivity contribution in [1.29, 1.82) is 0 Å². The zero-order valence-corrected chi connectivity index (χ0v) is 15.3. The first-order valence-corrected chi connectivity index (χ1v) is 8.90. The Balaban J connectivity index is 2.08. The minimum atomic E-state index is 0.268. The van der Waals surface area contributed by atoms with Gasteiger partial charge in [-0.15, -0.1) is 0 Å². The molecule has 0 amide bonds. The van der Waals surface area contributed by atoms with Gasteiger partial charge in [-0.05, 0) is 54.8 Å². The van der Waals surface area contributed by atoms with Crippen molar-refractivity contribution in [3.05, 3.63) is 33.3 Å². The Hall–Kier alpha value is -0.0900. The fourth-order valence-electron chi connectivity index (χ4n) is 2.92. The predicted octanol–water partition coefficient (Wildman–Crippen LogP) is 4.69. The summed E-state index contributed by atoms with van der Waals surface area (Å²) in [5.41, 5.74) is 1.51. The van der Waals surface area contributed by atoms with Crippen LogP contribution in [0.15, 0.2) is 22.7 Å². The molecule has 1 aromatic carbocycles. The van der Waals surface area contributed by atoms with Gasteiger partial charge in [-0.25, -0.2) is 0 Å². The zero-order chi connectivity index (χ0) is 15.3. The van der Waals surface area contributed by atoms with Crippen LogP contribution in [0.2, 0.25) is 5.02 Å². The molecule has 21 heavy (non-hydrogen) atoms. The van der Waals surface area contributed by atoms with Crippen LogP contribution in [0.4, 0.5) is 0 Å². The molecule has 1 heterocycles. The number of nitrogens with one attached hydrogen (secondary N) is 1. The third kappa shape index (κ3) is 5.24.